The highest BCUT2D eigenvalue weighted by atomic mass is 32.1. The summed E-state index contributed by atoms with van der Waals surface area (Å²) in [6.07, 6.45) is 3.23. The van der Waals surface area contributed by atoms with E-state index in [9.17, 15) is 0 Å². The number of ether oxygens (including phenoxy) is 1. The Hall–Kier alpha value is -0.680. The van der Waals surface area contributed by atoms with E-state index in [1.54, 1.807) is 0 Å². The fraction of sp³-hybridized carbons (Fsp3) is 0.800. The van der Waals surface area contributed by atoms with Crippen molar-refractivity contribution in [3.05, 3.63) is 5.82 Å². The average molecular weight is 227 g/mol. The van der Waals surface area contributed by atoms with Crippen LogP contribution in [-0.4, -0.2) is 29.1 Å². The van der Waals surface area contributed by atoms with Gasteiger partial charge in [-0.25, -0.2) is 4.98 Å². The third-order valence-electron chi connectivity index (χ3n) is 2.49. The molecule has 2 heterocycles. The summed E-state index contributed by atoms with van der Waals surface area (Å²) in [5.74, 6) is 1.59. The van der Waals surface area contributed by atoms with Gasteiger partial charge in [0, 0.05) is 37.7 Å². The lowest BCUT2D eigenvalue weighted by Crippen LogP contribution is -2.05. The Balaban J connectivity index is 1.83. The lowest BCUT2D eigenvalue weighted by Gasteiger charge is -2.02. The number of nitrogens with zero attached hydrogens (tertiary/aromatic N) is 2. The number of anilines is 1. The van der Waals surface area contributed by atoms with Crippen molar-refractivity contribution >= 4 is 16.7 Å². The van der Waals surface area contributed by atoms with Crippen molar-refractivity contribution in [2.75, 3.05) is 25.1 Å². The quantitative estimate of drug-likeness (QED) is 0.835. The molecule has 0 aliphatic carbocycles. The number of hydrogen-bond acceptors (Lipinski definition) is 5. The maximum atomic E-state index is 5.33. The van der Waals surface area contributed by atoms with Gasteiger partial charge in [0.15, 0.2) is 0 Å². The number of hydrogen-bond donors (Lipinski definition) is 1. The molecule has 1 aromatic rings. The van der Waals surface area contributed by atoms with Crippen LogP contribution in [0, 0.1) is 5.92 Å². The van der Waals surface area contributed by atoms with Crippen molar-refractivity contribution in [1.29, 1.82) is 0 Å². The standard InChI is InChI=1S/C10H17N3OS/c1-2-4-11-10-12-9(13-15-10)6-8-3-5-14-7-8/h8H,2-7H2,1H3,(H,11,12,13). The zero-order chi connectivity index (χ0) is 10.5. The second kappa shape index (κ2) is 5.42. The van der Waals surface area contributed by atoms with Gasteiger partial charge >= 0.3 is 0 Å². The zero-order valence-electron chi connectivity index (χ0n) is 9.03. The molecule has 1 unspecified atom stereocenters. The highest BCUT2D eigenvalue weighted by molar-refractivity contribution is 7.09. The van der Waals surface area contributed by atoms with Gasteiger partial charge in [0.1, 0.15) is 5.82 Å². The average Bonchev–Trinajstić information content (AvgIpc) is 2.87. The molecule has 0 saturated carbocycles. The first-order chi connectivity index (χ1) is 7.38. The largest absolute Gasteiger partial charge is 0.381 e. The minimum Gasteiger partial charge on any atom is -0.381 e. The summed E-state index contributed by atoms with van der Waals surface area (Å²) in [7, 11) is 0. The van der Waals surface area contributed by atoms with Crippen molar-refractivity contribution in [2.45, 2.75) is 26.2 Å². The van der Waals surface area contributed by atoms with Gasteiger partial charge in [-0.1, -0.05) is 6.92 Å². The minimum absolute atomic E-state index is 0.624. The lowest BCUT2D eigenvalue weighted by atomic mass is 10.1. The fourth-order valence-electron chi connectivity index (χ4n) is 1.64. The molecule has 1 saturated heterocycles. The predicted molar refractivity (Wildman–Crippen MR) is 61.3 cm³/mol. The summed E-state index contributed by atoms with van der Waals surface area (Å²) in [4.78, 5) is 4.45. The molecule has 0 amide bonds. The SMILES string of the molecule is CCCNc1nc(CC2CCOC2)ns1. The smallest absolute Gasteiger partial charge is 0.202 e. The van der Waals surface area contributed by atoms with E-state index in [4.69, 9.17) is 4.74 Å². The summed E-state index contributed by atoms with van der Waals surface area (Å²) in [6.45, 7) is 4.89. The third-order valence-corrected chi connectivity index (χ3v) is 3.20. The van der Waals surface area contributed by atoms with Crippen LogP contribution >= 0.6 is 11.5 Å². The first kappa shape index (κ1) is 10.8. The number of nitrogens with one attached hydrogen (secondary N) is 1. The Kier molecular flexibility index (Phi) is 3.91. The summed E-state index contributed by atoms with van der Waals surface area (Å²) in [6, 6.07) is 0. The minimum atomic E-state index is 0.624. The highest BCUT2D eigenvalue weighted by Crippen LogP contribution is 2.19. The molecule has 1 atom stereocenters. The summed E-state index contributed by atoms with van der Waals surface area (Å²) in [5.41, 5.74) is 0. The van der Waals surface area contributed by atoms with Gasteiger partial charge < -0.3 is 10.1 Å². The van der Waals surface area contributed by atoms with Gasteiger partial charge in [0.2, 0.25) is 5.13 Å². The van der Waals surface area contributed by atoms with Crippen LogP contribution in [0.3, 0.4) is 0 Å². The van der Waals surface area contributed by atoms with Crippen molar-refractivity contribution in [3.63, 3.8) is 0 Å². The molecule has 0 bridgehead atoms. The molecule has 1 N–H and O–H groups in total. The molecular formula is C10H17N3OS. The van der Waals surface area contributed by atoms with E-state index in [1.807, 2.05) is 0 Å². The Morgan fingerprint density at radius 1 is 1.60 bits per heavy atom. The van der Waals surface area contributed by atoms with Gasteiger partial charge in [-0.2, -0.15) is 4.37 Å². The maximum Gasteiger partial charge on any atom is 0.202 e. The van der Waals surface area contributed by atoms with Crippen LogP contribution in [0.2, 0.25) is 0 Å². The molecule has 1 aliphatic heterocycles. The molecule has 2 rings (SSSR count). The molecule has 4 nitrogen and oxygen atoms in total. The van der Waals surface area contributed by atoms with Crippen LogP contribution in [0.15, 0.2) is 0 Å². The zero-order valence-corrected chi connectivity index (χ0v) is 9.85. The fourth-order valence-corrected chi connectivity index (χ4v) is 2.26. The molecule has 0 spiro atoms. The van der Waals surface area contributed by atoms with E-state index < -0.39 is 0 Å². The Labute approximate surface area is 94.2 Å². The maximum absolute atomic E-state index is 5.33. The van der Waals surface area contributed by atoms with Gasteiger partial charge in [0.25, 0.3) is 0 Å². The normalized spacial score (nSPS) is 20.7. The molecule has 1 aromatic heterocycles. The number of aromatic nitrogens is 2. The van der Waals surface area contributed by atoms with Crippen LogP contribution in [0.4, 0.5) is 5.13 Å². The van der Waals surface area contributed by atoms with Gasteiger partial charge in [0.05, 0.1) is 0 Å². The van der Waals surface area contributed by atoms with Crippen LogP contribution in [0.5, 0.6) is 0 Å². The first-order valence-corrected chi connectivity index (χ1v) is 6.30. The van der Waals surface area contributed by atoms with Gasteiger partial charge in [-0.15, -0.1) is 0 Å². The van der Waals surface area contributed by atoms with Gasteiger partial charge in [-0.3, -0.25) is 0 Å². The van der Waals surface area contributed by atoms with Crippen LogP contribution in [0.25, 0.3) is 0 Å². The van der Waals surface area contributed by atoms with Crippen LogP contribution in [-0.2, 0) is 11.2 Å². The lowest BCUT2D eigenvalue weighted by molar-refractivity contribution is 0.185. The Morgan fingerprint density at radius 2 is 2.53 bits per heavy atom. The van der Waals surface area contributed by atoms with Gasteiger partial charge in [-0.05, 0) is 18.8 Å². The molecule has 0 radical (unpaired) electrons. The predicted octanol–water partition coefficient (Wildman–Crippen LogP) is 1.94. The van der Waals surface area contributed by atoms with Crippen molar-refractivity contribution in [3.8, 4) is 0 Å². The number of rotatable bonds is 5. The molecule has 1 aliphatic rings. The first-order valence-electron chi connectivity index (χ1n) is 5.52. The van der Waals surface area contributed by atoms with Crippen molar-refractivity contribution in [1.82, 2.24) is 9.36 Å². The molecule has 5 heteroatoms. The molecule has 1 fully saturated rings. The van der Waals surface area contributed by atoms with E-state index >= 15 is 0 Å². The monoisotopic (exact) mass is 227 g/mol. The molecule has 84 valence electrons. The van der Waals surface area contributed by atoms with E-state index in [1.165, 1.54) is 11.5 Å². The second-order valence-electron chi connectivity index (χ2n) is 3.88. The van der Waals surface area contributed by atoms with E-state index in [0.29, 0.717) is 5.92 Å². The van der Waals surface area contributed by atoms with E-state index in [0.717, 1.165) is 50.0 Å². The van der Waals surface area contributed by atoms with Crippen LogP contribution in [0.1, 0.15) is 25.6 Å². The Morgan fingerprint density at radius 3 is 3.27 bits per heavy atom. The third kappa shape index (κ3) is 3.14. The van der Waals surface area contributed by atoms with Crippen molar-refractivity contribution < 1.29 is 4.74 Å². The molecule has 15 heavy (non-hydrogen) atoms. The summed E-state index contributed by atoms with van der Waals surface area (Å²) < 4.78 is 9.68. The second-order valence-corrected chi connectivity index (χ2v) is 4.63. The Bertz CT molecular complexity index is 297. The van der Waals surface area contributed by atoms with E-state index in [-0.39, 0.29) is 0 Å². The summed E-state index contributed by atoms with van der Waals surface area (Å²) >= 11 is 1.46. The topological polar surface area (TPSA) is 47.0 Å². The van der Waals surface area contributed by atoms with Crippen LogP contribution < -0.4 is 5.32 Å². The molecule has 0 aromatic carbocycles. The van der Waals surface area contributed by atoms with Crippen molar-refractivity contribution in [2.24, 2.45) is 5.92 Å². The summed E-state index contributed by atoms with van der Waals surface area (Å²) in [5, 5.41) is 4.20. The molecular weight excluding hydrogens is 210 g/mol. The highest BCUT2D eigenvalue weighted by Gasteiger charge is 2.18. The van der Waals surface area contributed by atoms with E-state index in [2.05, 4.69) is 21.6 Å².